The molecule has 100 valence electrons. The van der Waals surface area contributed by atoms with E-state index in [1.807, 2.05) is 45.0 Å². The van der Waals surface area contributed by atoms with Gasteiger partial charge in [-0.2, -0.15) is 0 Å². The topological polar surface area (TPSA) is 38.7 Å². The summed E-state index contributed by atoms with van der Waals surface area (Å²) in [6.45, 7) is 6.25. The highest BCUT2D eigenvalue weighted by Crippen LogP contribution is 2.27. The number of benzene rings is 1. The van der Waals surface area contributed by atoms with Gasteiger partial charge in [-0.25, -0.2) is 0 Å². The van der Waals surface area contributed by atoms with E-state index in [1.165, 1.54) is 0 Å². The van der Waals surface area contributed by atoms with Crippen LogP contribution in [0.1, 0.15) is 45.3 Å². The number of ether oxygens (including phenoxy) is 2. The van der Waals surface area contributed by atoms with Gasteiger partial charge in [0, 0.05) is 0 Å². The van der Waals surface area contributed by atoms with Crippen LogP contribution in [0.5, 0.6) is 5.75 Å². The third kappa shape index (κ3) is 4.31. The summed E-state index contributed by atoms with van der Waals surface area (Å²) < 4.78 is 11.2. The van der Waals surface area contributed by atoms with Crippen LogP contribution < -0.4 is 4.74 Å². The zero-order valence-electron chi connectivity index (χ0n) is 11.3. The minimum atomic E-state index is -0.584. The van der Waals surface area contributed by atoms with Gasteiger partial charge in [-0.1, -0.05) is 12.1 Å². The largest absolute Gasteiger partial charge is 0.490 e. The van der Waals surface area contributed by atoms with Gasteiger partial charge in [0.15, 0.2) is 0 Å². The van der Waals surface area contributed by atoms with Gasteiger partial charge in [-0.3, -0.25) is 0 Å². The molecule has 1 aromatic carbocycles. The molecule has 3 heteroatoms. The molecule has 0 radical (unpaired) electrons. The number of hydrogen-bond acceptors (Lipinski definition) is 3. The first kappa shape index (κ1) is 13.4. The van der Waals surface area contributed by atoms with Crippen molar-refractivity contribution in [1.29, 1.82) is 0 Å². The zero-order chi connectivity index (χ0) is 13.2. The van der Waals surface area contributed by atoms with Crippen molar-refractivity contribution in [2.24, 2.45) is 0 Å². The third-order valence-corrected chi connectivity index (χ3v) is 2.77. The van der Waals surface area contributed by atoms with Gasteiger partial charge in [-0.15, -0.1) is 0 Å². The van der Waals surface area contributed by atoms with Crippen molar-refractivity contribution in [1.82, 2.24) is 0 Å². The predicted molar refractivity (Wildman–Crippen MR) is 70.8 cm³/mol. The summed E-state index contributed by atoms with van der Waals surface area (Å²) in [5.41, 5.74) is 0.637. The van der Waals surface area contributed by atoms with Crippen LogP contribution in [0.3, 0.4) is 0 Å². The fourth-order valence-corrected chi connectivity index (χ4v) is 1.57. The Morgan fingerprint density at radius 1 is 1.22 bits per heavy atom. The Morgan fingerprint density at radius 2 is 1.83 bits per heavy atom. The van der Waals surface area contributed by atoms with Gasteiger partial charge in [0.2, 0.25) is 0 Å². The van der Waals surface area contributed by atoms with Gasteiger partial charge >= 0.3 is 0 Å². The summed E-state index contributed by atoms with van der Waals surface area (Å²) in [6, 6.07) is 7.62. The Balaban J connectivity index is 1.87. The molecule has 18 heavy (non-hydrogen) atoms. The van der Waals surface area contributed by atoms with Crippen LogP contribution >= 0.6 is 0 Å². The highest BCUT2D eigenvalue weighted by Gasteiger charge is 2.23. The van der Waals surface area contributed by atoms with E-state index < -0.39 is 6.10 Å². The van der Waals surface area contributed by atoms with Crippen molar-refractivity contribution in [3.8, 4) is 5.75 Å². The summed E-state index contributed by atoms with van der Waals surface area (Å²) >= 11 is 0. The number of rotatable bonds is 5. The minimum absolute atomic E-state index is 0.226. The van der Waals surface area contributed by atoms with Crippen LogP contribution in [0.25, 0.3) is 0 Å². The summed E-state index contributed by atoms with van der Waals surface area (Å²) in [7, 11) is 0. The maximum Gasteiger partial charge on any atom is 0.119 e. The fraction of sp³-hybridized carbons (Fsp3) is 0.600. The van der Waals surface area contributed by atoms with Crippen LogP contribution in [-0.4, -0.2) is 23.4 Å². The molecule has 1 aliphatic rings. The second kappa shape index (κ2) is 5.29. The van der Waals surface area contributed by atoms with Crippen molar-refractivity contribution in [3.63, 3.8) is 0 Å². The van der Waals surface area contributed by atoms with E-state index in [0.717, 1.165) is 24.2 Å². The summed E-state index contributed by atoms with van der Waals surface area (Å²) in [4.78, 5) is 0. The van der Waals surface area contributed by atoms with Crippen molar-refractivity contribution >= 4 is 0 Å². The van der Waals surface area contributed by atoms with Crippen molar-refractivity contribution in [2.75, 3.05) is 6.61 Å². The van der Waals surface area contributed by atoms with Crippen LogP contribution in [0.2, 0.25) is 0 Å². The Labute approximate surface area is 109 Å². The first-order valence-electron chi connectivity index (χ1n) is 6.53. The molecular formula is C15H22O3. The highest BCUT2D eigenvalue weighted by atomic mass is 16.5. The van der Waals surface area contributed by atoms with Crippen molar-refractivity contribution in [2.45, 2.75) is 51.4 Å². The smallest absolute Gasteiger partial charge is 0.119 e. The van der Waals surface area contributed by atoms with E-state index in [4.69, 9.17) is 9.47 Å². The molecule has 0 amide bonds. The Morgan fingerprint density at radius 3 is 2.33 bits per heavy atom. The van der Waals surface area contributed by atoms with Gasteiger partial charge < -0.3 is 14.6 Å². The third-order valence-electron chi connectivity index (χ3n) is 2.77. The summed E-state index contributed by atoms with van der Waals surface area (Å²) in [6.07, 6.45) is 2.14. The quantitative estimate of drug-likeness (QED) is 0.872. The maximum absolute atomic E-state index is 10.0. The van der Waals surface area contributed by atoms with E-state index in [9.17, 15) is 5.11 Å². The molecule has 0 bridgehead atoms. The fourth-order valence-electron chi connectivity index (χ4n) is 1.57. The normalized spacial score (nSPS) is 17.6. The van der Waals surface area contributed by atoms with Gasteiger partial charge in [0.05, 0.1) is 18.3 Å². The molecule has 1 aliphatic carbocycles. The van der Waals surface area contributed by atoms with Crippen molar-refractivity contribution < 1.29 is 14.6 Å². The summed E-state index contributed by atoms with van der Waals surface area (Å²) in [5, 5.41) is 10.0. The molecule has 1 aromatic rings. The Kier molecular flexibility index (Phi) is 3.93. The molecule has 0 saturated heterocycles. The minimum Gasteiger partial charge on any atom is -0.490 e. The number of hydrogen-bond donors (Lipinski definition) is 1. The molecule has 0 aliphatic heterocycles. The molecule has 1 unspecified atom stereocenters. The predicted octanol–water partition coefficient (Wildman–Crippen LogP) is 3.08. The molecule has 1 fully saturated rings. The van der Waals surface area contributed by atoms with Crippen LogP contribution in [0.4, 0.5) is 0 Å². The molecule has 1 N–H and O–H groups in total. The van der Waals surface area contributed by atoms with E-state index in [-0.39, 0.29) is 5.60 Å². The first-order valence-corrected chi connectivity index (χ1v) is 6.53. The van der Waals surface area contributed by atoms with E-state index in [2.05, 4.69) is 0 Å². The number of aliphatic hydroxyl groups excluding tert-OH is 1. The molecule has 1 saturated carbocycles. The molecule has 2 rings (SSSR count). The first-order chi connectivity index (χ1) is 8.44. The lowest BCUT2D eigenvalue weighted by Gasteiger charge is -2.22. The molecule has 1 atom stereocenters. The van der Waals surface area contributed by atoms with Gasteiger partial charge in [-0.05, 0) is 51.3 Å². The standard InChI is InChI=1S/C15H22O3/c1-15(2,3)17-10-14(16)11-4-6-12(7-5-11)18-13-8-9-13/h4-7,13-14,16H,8-10H2,1-3H3. The Bertz CT molecular complexity index is 374. The van der Waals surface area contributed by atoms with Gasteiger partial charge in [0.25, 0.3) is 0 Å². The maximum atomic E-state index is 10.0. The lowest BCUT2D eigenvalue weighted by Crippen LogP contribution is -2.22. The average molecular weight is 250 g/mol. The van der Waals surface area contributed by atoms with E-state index in [0.29, 0.717) is 12.7 Å². The monoisotopic (exact) mass is 250 g/mol. The molecule has 3 nitrogen and oxygen atoms in total. The van der Waals surface area contributed by atoms with E-state index in [1.54, 1.807) is 0 Å². The average Bonchev–Trinajstić information content (AvgIpc) is 3.10. The highest BCUT2D eigenvalue weighted by molar-refractivity contribution is 5.29. The lowest BCUT2D eigenvalue weighted by atomic mass is 10.1. The van der Waals surface area contributed by atoms with Crippen LogP contribution in [0, 0.1) is 0 Å². The lowest BCUT2D eigenvalue weighted by molar-refractivity contribution is -0.0496. The zero-order valence-corrected chi connectivity index (χ0v) is 11.3. The molecule has 0 aromatic heterocycles. The molecular weight excluding hydrogens is 228 g/mol. The second-order valence-electron chi connectivity index (χ2n) is 5.83. The van der Waals surface area contributed by atoms with Gasteiger partial charge in [0.1, 0.15) is 11.9 Å². The Hall–Kier alpha value is -1.06. The van der Waals surface area contributed by atoms with Crippen molar-refractivity contribution in [3.05, 3.63) is 29.8 Å². The summed E-state index contributed by atoms with van der Waals surface area (Å²) in [5.74, 6) is 0.880. The van der Waals surface area contributed by atoms with Crippen LogP contribution in [0.15, 0.2) is 24.3 Å². The van der Waals surface area contributed by atoms with E-state index >= 15 is 0 Å². The van der Waals surface area contributed by atoms with Crippen LogP contribution in [-0.2, 0) is 4.74 Å². The second-order valence-corrected chi connectivity index (χ2v) is 5.83. The number of aliphatic hydroxyl groups is 1. The SMILES string of the molecule is CC(C)(C)OCC(O)c1ccc(OC2CC2)cc1. The molecule has 0 spiro atoms. The molecule has 0 heterocycles.